The molecule has 37 heavy (non-hydrogen) atoms. The Bertz CT molecular complexity index is 1460. The minimum absolute atomic E-state index is 0.267. The van der Waals surface area contributed by atoms with Crippen molar-refractivity contribution in [3.05, 3.63) is 94.4 Å². The SMILES string of the molecule is Cc1ccc(C(=O)Nc2ccc(CN3CCN(C)CC3)c(CF)c2)cc1C#Cc1cn2ncccc2n1. The van der Waals surface area contributed by atoms with Gasteiger partial charge < -0.3 is 10.2 Å². The third-order valence-electron chi connectivity index (χ3n) is 6.66. The van der Waals surface area contributed by atoms with Crippen molar-refractivity contribution >= 4 is 17.2 Å². The lowest BCUT2D eigenvalue weighted by molar-refractivity contribution is 0.102. The van der Waals surface area contributed by atoms with Gasteiger partial charge in [0.05, 0.1) is 6.20 Å². The highest BCUT2D eigenvalue weighted by Gasteiger charge is 2.16. The molecule has 8 heteroatoms. The zero-order chi connectivity index (χ0) is 25.8. The monoisotopic (exact) mass is 496 g/mol. The molecular weight excluding hydrogens is 467 g/mol. The van der Waals surface area contributed by atoms with E-state index in [1.54, 1.807) is 35.1 Å². The number of likely N-dealkylation sites (N-methyl/N-ethyl adjacent to an activating group) is 1. The van der Waals surface area contributed by atoms with Crippen LogP contribution in [0.25, 0.3) is 5.65 Å². The fourth-order valence-electron chi connectivity index (χ4n) is 4.35. The van der Waals surface area contributed by atoms with Crippen LogP contribution < -0.4 is 5.32 Å². The number of anilines is 1. The lowest BCUT2D eigenvalue weighted by atomic mass is 10.0. The second-order valence-corrected chi connectivity index (χ2v) is 9.38. The molecule has 7 nitrogen and oxygen atoms in total. The summed E-state index contributed by atoms with van der Waals surface area (Å²) in [5.74, 6) is 5.92. The van der Waals surface area contributed by atoms with Crippen LogP contribution in [-0.2, 0) is 13.2 Å². The van der Waals surface area contributed by atoms with Gasteiger partial charge in [-0.15, -0.1) is 0 Å². The van der Waals surface area contributed by atoms with Gasteiger partial charge in [-0.25, -0.2) is 13.9 Å². The lowest BCUT2D eigenvalue weighted by Gasteiger charge is -2.32. The molecule has 0 unspecified atom stereocenters. The first-order chi connectivity index (χ1) is 18.0. The maximum absolute atomic E-state index is 13.9. The molecule has 0 atom stereocenters. The Labute approximate surface area is 215 Å². The number of nitrogens with one attached hydrogen (secondary N) is 1. The Hall–Kier alpha value is -4.06. The van der Waals surface area contributed by atoms with Gasteiger partial charge in [0.2, 0.25) is 0 Å². The van der Waals surface area contributed by atoms with Crippen molar-refractivity contribution in [1.82, 2.24) is 24.4 Å². The van der Waals surface area contributed by atoms with Crippen molar-refractivity contribution in [3.8, 4) is 11.8 Å². The summed E-state index contributed by atoms with van der Waals surface area (Å²) in [5.41, 5.74) is 5.64. The van der Waals surface area contributed by atoms with Gasteiger partial charge in [0.1, 0.15) is 12.4 Å². The largest absolute Gasteiger partial charge is 0.322 e. The predicted molar refractivity (Wildman–Crippen MR) is 142 cm³/mol. The highest BCUT2D eigenvalue weighted by molar-refractivity contribution is 6.04. The molecule has 0 bridgehead atoms. The number of fused-ring (bicyclic) bond motifs is 1. The van der Waals surface area contributed by atoms with Crippen molar-refractivity contribution < 1.29 is 9.18 Å². The predicted octanol–water partition coefficient (Wildman–Crippen LogP) is 3.91. The van der Waals surface area contributed by atoms with E-state index in [2.05, 4.69) is 44.1 Å². The van der Waals surface area contributed by atoms with E-state index in [9.17, 15) is 9.18 Å². The minimum atomic E-state index is -0.574. The van der Waals surface area contributed by atoms with Crippen LogP contribution in [0.2, 0.25) is 0 Å². The van der Waals surface area contributed by atoms with Crippen LogP contribution in [0.15, 0.2) is 60.9 Å². The number of alkyl halides is 1. The summed E-state index contributed by atoms with van der Waals surface area (Å²) < 4.78 is 15.5. The first kappa shape index (κ1) is 24.6. The van der Waals surface area contributed by atoms with Gasteiger partial charge >= 0.3 is 0 Å². The van der Waals surface area contributed by atoms with E-state index >= 15 is 0 Å². The second kappa shape index (κ2) is 10.9. The molecule has 1 aliphatic rings. The second-order valence-electron chi connectivity index (χ2n) is 9.38. The fourth-order valence-corrected chi connectivity index (χ4v) is 4.35. The van der Waals surface area contributed by atoms with E-state index in [-0.39, 0.29) is 5.91 Å². The van der Waals surface area contributed by atoms with Crippen LogP contribution >= 0.6 is 0 Å². The van der Waals surface area contributed by atoms with Gasteiger partial charge in [-0.3, -0.25) is 9.69 Å². The molecule has 2 aromatic heterocycles. The normalized spacial score (nSPS) is 14.4. The minimum Gasteiger partial charge on any atom is -0.322 e. The standard InChI is InChI=1S/C29H29FN6O/c1-21-5-6-23(16-22(21)7-10-27-20-36-28(32-27)4-3-11-31-36)29(37)33-26-9-8-24(25(17-26)18-30)19-35-14-12-34(2)13-15-35/h3-6,8-9,11,16-17,20H,12-15,18-19H2,1-2H3,(H,33,37). The summed E-state index contributed by atoms with van der Waals surface area (Å²) in [4.78, 5) is 22.1. The molecule has 1 N–H and O–H groups in total. The van der Waals surface area contributed by atoms with Crippen molar-refractivity contribution in [3.63, 3.8) is 0 Å². The van der Waals surface area contributed by atoms with Crippen molar-refractivity contribution in [2.45, 2.75) is 20.1 Å². The average Bonchev–Trinajstić information content (AvgIpc) is 3.33. The Morgan fingerprint density at radius 3 is 2.68 bits per heavy atom. The molecule has 1 fully saturated rings. The molecule has 0 saturated carbocycles. The van der Waals surface area contributed by atoms with Crippen molar-refractivity contribution in [2.24, 2.45) is 0 Å². The number of piperazine rings is 1. The number of nitrogens with zero attached hydrogens (tertiary/aromatic N) is 5. The van der Waals surface area contributed by atoms with Crippen LogP contribution in [0.3, 0.4) is 0 Å². The highest BCUT2D eigenvalue weighted by Crippen LogP contribution is 2.21. The summed E-state index contributed by atoms with van der Waals surface area (Å²) in [6, 6.07) is 14.6. The Balaban J connectivity index is 1.29. The third-order valence-corrected chi connectivity index (χ3v) is 6.66. The smallest absolute Gasteiger partial charge is 0.255 e. The van der Waals surface area contributed by atoms with E-state index in [4.69, 9.17) is 0 Å². The molecule has 1 saturated heterocycles. The van der Waals surface area contributed by atoms with Crippen LogP contribution in [0.1, 0.15) is 38.3 Å². The molecular formula is C29H29FN6O. The van der Waals surface area contributed by atoms with Gasteiger partial charge in [0, 0.05) is 55.7 Å². The van der Waals surface area contributed by atoms with Crippen LogP contribution in [0.5, 0.6) is 0 Å². The Morgan fingerprint density at radius 1 is 1.05 bits per heavy atom. The number of hydrogen-bond donors (Lipinski definition) is 1. The van der Waals surface area contributed by atoms with E-state index in [1.165, 1.54) is 0 Å². The van der Waals surface area contributed by atoms with Crippen LogP contribution in [0, 0.1) is 18.8 Å². The number of carbonyl (C=O) groups is 1. The maximum atomic E-state index is 13.9. The summed E-state index contributed by atoms with van der Waals surface area (Å²) in [5, 5.41) is 7.12. The van der Waals surface area contributed by atoms with Gasteiger partial charge in [0.15, 0.2) is 5.65 Å². The van der Waals surface area contributed by atoms with E-state index in [1.807, 2.05) is 37.3 Å². The number of amides is 1. The van der Waals surface area contributed by atoms with Gasteiger partial charge in [0.25, 0.3) is 5.91 Å². The van der Waals surface area contributed by atoms with Crippen LogP contribution in [0.4, 0.5) is 10.1 Å². The van der Waals surface area contributed by atoms with Gasteiger partial charge in [-0.1, -0.05) is 18.1 Å². The average molecular weight is 497 g/mol. The summed E-state index contributed by atoms with van der Waals surface area (Å²) in [6.07, 6.45) is 3.46. The molecule has 0 spiro atoms. The van der Waals surface area contributed by atoms with Crippen molar-refractivity contribution in [2.75, 3.05) is 38.5 Å². The fraction of sp³-hybridized carbons (Fsp3) is 0.276. The summed E-state index contributed by atoms with van der Waals surface area (Å²) >= 11 is 0. The molecule has 5 rings (SSSR count). The Morgan fingerprint density at radius 2 is 1.89 bits per heavy atom. The first-order valence-corrected chi connectivity index (χ1v) is 12.3. The number of aromatic nitrogens is 3. The molecule has 1 amide bonds. The number of rotatable bonds is 5. The van der Waals surface area contributed by atoms with Crippen molar-refractivity contribution in [1.29, 1.82) is 0 Å². The number of benzene rings is 2. The summed E-state index contributed by atoms with van der Waals surface area (Å²) in [7, 11) is 2.12. The molecule has 0 aliphatic carbocycles. The number of hydrogen-bond acceptors (Lipinski definition) is 5. The number of imidazole rings is 1. The highest BCUT2D eigenvalue weighted by atomic mass is 19.1. The zero-order valence-electron chi connectivity index (χ0n) is 21.0. The number of carbonyl (C=O) groups excluding carboxylic acids is 1. The van der Waals surface area contributed by atoms with E-state index < -0.39 is 6.67 Å². The zero-order valence-corrected chi connectivity index (χ0v) is 21.0. The molecule has 2 aromatic carbocycles. The maximum Gasteiger partial charge on any atom is 0.255 e. The van der Waals surface area contributed by atoms with Gasteiger partial charge in [-0.2, -0.15) is 5.10 Å². The summed E-state index contributed by atoms with van der Waals surface area (Å²) in [6.45, 7) is 6.04. The molecule has 188 valence electrons. The lowest BCUT2D eigenvalue weighted by Crippen LogP contribution is -2.44. The molecule has 1 aliphatic heterocycles. The van der Waals surface area contributed by atoms with Gasteiger partial charge in [-0.05, 0) is 73.0 Å². The molecule has 3 heterocycles. The topological polar surface area (TPSA) is 65.8 Å². The third kappa shape index (κ3) is 5.85. The molecule has 0 radical (unpaired) electrons. The molecule has 4 aromatic rings. The number of aryl methyl sites for hydroxylation is 1. The first-order valence-electron chi connectivity index (χ1n) is 12.3. The Kier molecular flexibility index (Phi) is 7.26. The number of halogens is 1. The van der Waals surface area contributed by atoms with Crippen LogP contribution in [-0.4, -0.2) is 63.5 Å². The van der Waals surface area contributed by atoms with E-state index in [0.717, 1.165) is 48.5 Å². The quantitative estimate of drug-likeness (QED) is 0.425. The van der Waals surface area contributed by atoms with E-state index in [0.29, 0.717) is 29.1 Å².